The largest absolute Gasteiger partial charge is 0.506 e. The zero-order chi connectivity index (χ0) is 9.26. The topological polar surface area (TPSA) is 55.5 Å². The Morgan fingerprint density at radius 2 is 2.31 bits per heavy atom. The number of benzene rings is 1. The molecule has 1 heterocycles. The molecule has 0 spiro atoms. The van der Waals surface area contributed by atoms with Crippen LogP contribution in [0.1, 0.15) is 17.9 Å². The van der Waals surface area contributed by atoms with E-state index in [4.69, 9.17) is 10.5 Å². The molecule has 2 rings (SSSR count). The second kappa shape index (κ2) is 3.26. The number of aromatic hydroxyl groups is 1. The lowest BCUT2D eigenvalue weighted by Gasteiger charge is -2.09. The molecule has 1 aromatic carbocycles. The molecule has 0 saturated carbocycles. The Kier molecular flexibility index (Phi) is 2.10. The highest BCUT2D eigenvalue weighted by Crippen LogP contribution is 2.29. The van der Waals surface area contributed by atoms with Crippen molar-refractivity contribution >= 4 is 5.69 Å². The molecule has 1 aliphatic heterocycles. The van der Waals surface area contributed by atoms with E-state index in [9.17, 15) is 5.11 Å². The number of hydrogen-bond donors (Lipinski definition) is 2. The minimum Gasteiger partial charge on any atom is -0.506 e. The van der Waals surface area contributed by atoms with E-state index in [1.807, 2.05) is 12.1 Å². The summed E-state index contributed by atoms with van der Waals surface area (Å²) in [4.78, 5) is 0. The summed E-state index contributed by atoms with van der Waals surface area (Å²) in [5.41, 5.74) is 7.21. The van der Waals surface area contributed by atoms with E-state index in [1.165, 1.54) is 0 Å². The zero-order valence-corrected chi connectivity index (χ0v) is 7.36. The molecule has 1 unspecified atom stereocenters. The molecule has 3 N–H and O–H groups in total. The number of phenolic OH excluding ortho intramolecular Hbond substituents is 1. The van der Waals surface area contributed by atoms with Crippen LogP contribution in [0.25, 0.3) is 0 Å². The molecule has 1 saturated heterocycles. The SMILES string of the molecule is Nc1cc(C2CCOC2)ccc1O. The van der Waals surface area contributed by atoms with Gasteiger partial charge in [-0.05, 0) is 24.1 Å². The highest BCUT2D eigenvalue weighted by molar-refractivity contribution is 5.53. The molecule has 0 radical (unpaired) electrons. The van der Waals surface area contributed by atoms with Crippen molar-refractivity contribution in [3.05, 3.63) is 23.8 Å². The first-order valence-electron chi connectivity index (χ1n) is 4.43. The maximum Gasteiger partial charge on any atom is 0.138 e. The summed E-state index contributed by atoms with van der Waals surface area (Å²) in [6.45, 7) is 1.59. The monoisotopic (exact) mass is 179 g/mol. The lowest BCUT2D eigenvalue weighted by molar-refractivity contribution is 0.194. The second-order valence-electron chi connectivity index (χ2n) is 3.38. The Morgan fingerprint density at radius 3 is 2.92 bits per heavy atom. The van der Waals surface area contributed by atoms with Gasteiger partial charge in [0.2, 0.25) is 0 Å². The second-order valence-corrected chi connectivity index (χ2v) is 3.38. The van der Waals surface area contributed by atoms with Gasteiger partial charge in [0.25, 0.3) is 0 Å². The van der Waals surface area contributed by atoms with Gasteiger partial charge in [0.05, 0.1) is 12.3 Å². The van der Waals surface area contributed by atoms with Gasteiger partial charge in [-0.25, -0.2) is 0 Å². The summed E-state index contributed by atoms with van der Waals surface area (Å²) in [7, 11) is 0. The number of anilines is 1. The van der Waals surface area contributed by atoms with Crippen molar-refractivity contribution in [2.45, 2.75) is 12.3 Å². The summed E-state index contributed by atoms with van der Waals surface area (Å²) in [6.07, 6.45) is 1.05. The maximum atomic E-state index is 9.23. The summed E-state index contributed by atoms with van der Waals surface area (Å²) in [5.74, 6) is 0.602. The fourth-order valence-corrected chi connectivity index (χ4v) is 1.62. The molecule has 3 nitrogen and oxygen atoms in total. The van der Waals surface area contributed by atoms with E-state index in [0.29, 0.717) is 11.6 Å². The maximum absolute atomic E-state index is 9.23. The van der Waals surface area contributed by atoms with Gasteiger partial charge >= 0.3 is 0 Å². The van der Waals surface area contributed by atoms with Gasteiger partial charge < -0.3 is 15.6 Å². The van der Waals surface area contributed by atoms with Gasteiger partial charge in [-0.1, -0.05) is 6.07 Å². The number of ether oxygens (including phenoxy) is 1. The Labute approximate surface area is 77.1 Å². The predicted octanol–water partition coefficient (Wildman–Crippen LogP) is 1.48. The first-order valence-corrected chi connectivity index (χ1v) is 4.43. The van der Waals surface area contributed by atoms with Gasteiger partial charge in [-0.3, -0.25) is 0 Å². The molecule has 0 bridgehead atoms. The molecule has 70 valence electrons. The first kappa shape index (κ1) is 8.38. The number of hydrogen-bond acceptors (Lipinski definition) is 3. The molecule has 13 heavy (non-hydrogen) atoms. The van der Waals surface area contributed by atoms with E-state index < -0.39 is 0 Å². The highest BCUT2D eigenvalue weighted by atomic mass is 16.5. The van der Waals surface area contributed by atoms with E-state index in [0.717, 1.165) is 25.2 Å². The van der Waals surface area contributed by atoms with E-state index in [2.05, 4.69) is 0 Å². The fourth-order valence-electron chi connectivity index (χ4n) is 1.62. The molecule has 1 fully saturated rings. The van der Waals surface area contributed by atoms with Crippen molar-refractivity contribution in [2.75, 3.05) is 18.9 Å². The third-order valence-corrected chi connectivity index (χ3v) is 2.45. The highest BCUT2D eigenvalue weighted by Gasteiger charge is 2.18. The summed E-state index contributed by atoms with van der Waals surface area (Å²) in [5, 5.41) is 9.23. The summed E-state index contributed by atoms with van der Waals surface area (Å²) >= 11 is 0. The van der Waals surface area contributed by atoms with E-state index in [-0.39, 0.29) is 5.75 Å². The van der Waals surface area contributed by atoms with Crippen LogP contribution in [0.3, 0.4) is 0 Å². The normalized spacial score (nSPS) is 22.0. The Balaban J connectivity index is 2.25. The van der Waals surface area contributed by atoms with Crippen LogP contribution in [0.2, 0.25) is 0 Å². The van der Waals surface area contributed by atoms with Crippen molar-refractivity contribution in [3.8, 4) is 5.75 Å². The molecule has 0 aliphatic carbocycles. The third kappa shape index (κ3) is 1.60. The molecule has 3 heteroatoms. The van der Waals surface area contributed by atoms with Crippen LogP contribution in [0.5, 0.6) is 5.75 Å². The van der Waals surface area contributed by atoms with Crippen LogP contribution in [-0.2, 0) is 4.74 Å². The van der Waals surface area contributed by atoms with Crippen molar-refractivity contribution in [3.63, 3.8) is 0 Å². The predicted molar refractivity (Wildman–Crippen MR) is 50.7 cm³/mol. The van der Waals surface area contributed by atoms with Crippen molar-refractivity contribution in [1.29, 1.82) is 0 Å². The van der Waals surface area contributed by atoms with Gasteiger partial charge in [0.15, 0.2) is 0 Å². The van der Waals surface area contributed by atoms with Crippen LogP contribution in [0.4, 0.5) is 5.69 Å². The number of phenols is 1. The lowest BCUT2D eigenvalue weighted by Crippen LogP contribution is -1.98. The molecule has 0 aromatic heterocycles. The molecule has 1 atom stereocenters. The number of nitrogens with two attached hydrogens (primary N) is 1. The van der Waals surface area contributed by atoms with Gasteiger partial charge in [0.1, 0.15) is 5.75 Å². The number of rotatable bonds is 1. The first-order chi connectivity index (χ1) is 6.27. The van der Waals surface area contributed by atoms with Crippen molar-refractivity contribution in [2.24, 2.45) is 0 Å². The molecule has 1 aromatic rings. The van der Waals surface area contributed by atoms with Crippen molar-refractivity contribution < 1.29 is 9.84 Å². The van der Waals surface area contributed by atoms with E-state index >= 15 is 0 Å². The van der Waals surface area contributed by atoms with Crippen LogP contribution in [-0.4, -0.2) is 18.3 Å². The van der Waals surface area contributed by atoms with Gasteiger partial charge in [-0.2, -0.15) is 0 Å². The van der Waals surface area contributed by atoms with Crippen LogP contribution in [0.15, 0.2) is 18.2 Å². The zero-order valence-electron chi connectivity index (χ0n) is 7.36. The number of nitrogen functional groups attached to an aromatic ring is 1. The van der Waals surface area contributed by atoms with E-state index in [1.54, 1.807) is 6.07 Å². The molecule has 0 amide bonds. The summed E-state index contributed by atoms with van der Waals surface area (Å²) in [6, 6.07) is 5.38. The lowest BCUT2D eigenvalue weighted by atomic mass is 9.98. The molecule has 1 aliphatic rings. The van der Waals surface area contributed by atoms with Crippen LogP contribution >= 0.6 is 0 Å². The quantitative estimate of drug-likeness (QED) is 0.507. The average Bonchev–Trinajstić information content (AvgIpc) is 2.62. The minimum absolute atomic E-state index is 0.155. The van der Waals surface area contributed by atoms with Crippen LogP contribution in [0, 0.1) is 0 Å². The minimum atomic E-state index is 0.155. The molecular weight excluding hydrogens is 166 g/mol. The standard InChI is InChI=1S/C10H13NO2/c11-9-5-7(1-2-10(9)12)8-3-4-13-6-8/h1-2,5,8,12H,3-4,6,11H2. The third-order valence-electron chi connectivity index (χ3n) is 2.45. The Morgan fingerprint density at radius 1 is 1.46 bits per heavy atom. The smallest absolute Gasteiger partial charge is 0.138 e. The summed E-state index contributed by atoms with van der Waals surface area (Å²) < 4.78 is 5.28. The van der Waals surface area contributed by atoms with Crippen LogP contribution < -0.4 is 5.73 Å². The van der Waals surface area contributed by atoms with Crippen molar-refractivity contribution in [1.82, 2.24) is 0 Å². The Hall–Kier alpha value is -1.22. The molecular formula is C10H13NO2. The van der Waals surface area contributed by atoms with Gasteiger partial charge in [-0.15, -0.1) is 0 Å². The average molecular weight is 179 g/mol. The Bertz CT molecular complexity index is 306. The van der Waals surface area contributed by atoms with Gasteiger partial charge in [0, 0.05) is 12.5 Å². The fraction of sp³-hybridized carbons (Fsp3) is 0.400.